The zero-order valence-electron chi connectivity index (χ0n) is 14.8. The summed E-state index contributed by atoms with van der Waals surface area (Å²) < 4.78 is 40.4. The van der Waals surface area contributed by atoms with E-state index >= 15 is 0 Å². The number of carbonyl (C=O) groups excluding carboxylic acids is 2. The Morgan fingerprint density at radius 3 is 2.54 bits per heavy atom. The summed E-state index contributed by atoms with van der Waals surface area (Å²) in [7, 11) is -4.43. The van der Waals surface area contributed by atoms with E-state index in [-0.39, 0.29) is 23.1 Å². The molecule has 9 heteroatoms. The lowest BCUT2D eigenvalue weighted by atomic mass is 10.2. The van der Waals surface area contributed by atoms with E-state index in [0.717, 1.165) is 0 Å². The largest absolute Gasteiger partial charge is 0.452 e. The van der Waals surface area contributed by atoms with E-state index in [9.17, 15) is 22.2 Å². The minimum atomic E-state index is -3.11. The number of esters is 1. The van der Waals surface area contributed by atoms with Crippen molar-refractivity contribution >= 4 is 32.5 Å². The summed E-state index contributed by atoms with van der Waals surface area (Å²) in [4.78, 5) is 26.5. The van der Waals surface area contributed by atoms with E-state index < -0.39 is 39.1 Å². The van der Waals surface area contributed by atoms with Gasteiger partial charge in [-0.05, 0) is 25.5 Å². The summed E-state index contributed by atoms with van der Waals surface area (Å²) in [5, 5.41) is 0. The maximum Gasteiger partial charge on any atom is 0.339 e. The van der Waals surface area contributed by atoms with Crippen LogP contribution in [-0.4, -0.2) is 65.9 Å². The van der Waals surface area contributed by atoms with Crippen LogP contribution in [0.2, 0.25) is 0 Å². The van der Waals surface area contributed by atoms with E-state index in [1.165, 1.54) is 11.0 Å². The molecule has 2 unspecified atom stereocenters. The van der Waals surface area contributed by atoms with Gasteiger partial charge in [0.25, 0.3) is 5.91 Å². The van der Waals surface area contributed by atoms with Crippen LogP contribution in [-0.2, 0) is 30.2 Å². The van der Waals surface area contributed by atoms with Gasteiger partial charge in [-0.3, -0.25) is 9.00 Å². The van der Waals surface area contributed by atoms with Crippen molar-refractivity contribution in [3.05, 3.63) is 29.8 Å². The van der Waals surface area contributed by atoms with Crippen molar-refractivity contribution in [1.82, 2.24) is 4.90 Å². The summed E-state index contributed by atoms with van der Waals surface area (Å²) in [5.74, 6) is -0.776. The van der Waals surface area contributed by atoms with Gasteiger partial charge in [0.15, 0.2) is 16.4 Å². The van der Waals surface area contributed by atoms with Crippen LogP contribution in [0.1, 0.15) is 30.6 Å². The van der Waals surface area contributed by atoms with Crippen LogP contribution in [0.25, 0.3) is 0 Å². The number of ether oxygens (including phenoxy) is 1. The third-order valence-electron chi connectivity index (χ3n) is 4.25. The molecule has 1 saturated heterocycles. The summed E-state index contributed by atoms with van der Waals surface area (Å²) >= 11 is 0. The molecule has 1 heterocycles. The molecule has 0 N–H and O–H groups in total. The molecule has 0 spiro atoms. The Balaban J connectivity index is 2.03. The molecule has 7 nitrogen and oxygen atoms in total. The Morgan fingerprint density at radius 1 is 1.27 bits per heavy atom. The second-order valence-corrected chi connectivity index (χ2v) is 9.88. The highest BCUT2D eigenvalue weighted by Crippen LogP contribution is 2.19. The molecule has 0 aromatic heterocycles. The van der Waals surface area contributed by atoms with Crippen LogP contribution >= 0.6 is 0 Å². The van der Waals surface area contributed by atoms with Crippen molar-refractivity contribution < 1.29 is 27.0 Å². The lowest BCUT2D eigenvalue weighted by Gasteiger charge is -2.26. The monoisotopic (exact) mass is 401 g/mol. The molecular formula is C17H23NO6S2. The molecule has 26 heavy (non-hydrogen) atoms. The molecule has 1 fully saturated rings. The summed E-state index contributed by atoms with van der Waals surface area (Å²) in [6.07, 6.45) is 0.397. The van der Waals surface area contributed by atoms with Crippen LogP contribution in [0.15, 0.2) is 29.2 Å². The van der Waals surface area contributed by atoms with E-state index in [2.05, 4.69) is 0 Å². The number of amides is 1. The standard InChI is InChI=1S/C17H23NO6S2/c1-3-18(13-9-10-26(22,23)12-13)16(19)11-24-17(20)14-7-5-6-8-15(14)25(21)4-2/h5-8,13H,3-4,9-12H2,1-2H3. The molecule has 0 saturated carbocycles. The van der Waals surface area contributed by atoms with Crippen LogP contribution in [0, 0.1) is 0 Å². The topological polar surface area (TPSA) is 97.8 Å². The Morgan fingerprint density at radius 2 is 1.96 bits per heavy atom. The number of rotatable bonds is 7. The third-order valence-corrected chi connectivity index (χ3v) is 7.37. The van der Waals surface area contributed by atoms with E-state index in [1.807, 2.05) is 0 Å². The molecule has 1 amide bonds. The van der Waals surface area contributed by atoms with Gasteiger partial charge in [-0.1, -0.05) is 19.1 Å². The zero-order valence-corrected chi connectivity index (χ0v) is 16.5. The molecule has 144 valence electrons. The SMILES string of the molecule is CCN(C(=O)COC(=O)c1ccccc1S(=O)CC)C1CCS(=O)(=O)C1. The number of likely N-dealkylation sites (N-methyl/N-ethyl adjacent to an activating group) is 1. The van der Waals surface area contributed by atoms with Crippen molar-refractivity contribution in [2.24, 2.45) is 0 Å². The van der Waals surface area contributed by atoms with Gasteiger partial charge in [-0.15, -0.1) is 0 Å². The smallest absolute Gasteiger partial charge is 0.339 e. The Hall–Kier alpha value is -1.74. The summed E-state index contributed by atoms with van der Waals surface area (Å²) in [6, 6.07) is 6.05. The van der Waals surface area contributed by atoms with Crippen molar-refractivity contribution in [2.75, 3.05) is 30.4 Å². The number of carbonyl (C=O) groups is 2. The first-order valence-corrected chi connectivity index (χ1v) is 11.6. The van der Waals surface area contributed by atoms with Crippen molar-refractivity contribution in [3.63, 3.8) is 0 Å². The lowest BCUT2D eigenvalue weighted by molar-refractivity contribution is -0.136. The second-order valence-electron chi connectivity index (χ2n) is 5.94. The van der Waals surface area contributed by atoms with Crippen molar-refractivity contribution in [2.45, 2.75) is 31.2 Å². The van der Waals surface area contributed by atoms with Crippen molar-refractivity contribution in [3.8, 4) is 0 Å². The van der Waals surface area contributed by atoms with Gasteiger partial charge in [0, 0.05) is 18.3 Å². The van der Waals surface area contributed by atoms with Gasteiger partial charge < -0.3 is 9.64 Å². The number of hydrogen-bond acceptors (Lipinski definition) is 6. The second kappa shape index (κ2) is 8.77. The first kappa shape index (κ1) is 20.6. The molecule has 1 aromatic rings. The summed E-state index contributed by atoms with van der Waals surface area (Å²) in [5.41, 5.74) is 0.173. The van der Waals surface area contributed by atoms with E-state index in [4.69, 9.17) is 4.74 Å². The highest BCUT2D eigenvalue weighted by atomic mass is 32.2. The molecule has 2 rings (SSSR count). The fourth-order valence-electron chi connectivity index (χ4n) is 2.94. The van der Waals surface area contributed by atoms with Gasteiger partial charge in [-0.2, -0.15) is 0 Å². The predicted molar refractivity (Wildman–Crippen MR) is 98.1 cm³/mol. The van der Waals surface area contributed by atoms with Gasteiger partial charge >= 0.3 is 5.97 Å². The normalized spacial score (nSPS) is 19.7. The molecule has 1 aliphatic heterocycles. The zero-order chi connectivity index (χ0) is 19.3. The van der Waals surface area contributed by atoms with Crippen LogP contribution in [0.3, 0.4) is 0 Å². The number of sulfone groups is 1. The summed E-state index contributed by atoms with van der Waals surface area (Å²) in [6.45, 7) is 3.37. The Kier molecular flexibility index (Phi) is 6.94. The minimum absolute atomic E-state index is 0.0567. The number of nitrogens with zero attached hydrogens (tertiary/aromatic N) is 1. The van der Waals surface area contributed by atoms with Gasteiger partial charge in [0.05, 0.1) is 32.8 Å². The van der Waals surface area contributed by atoms with Gasteiger partial charge in [0.2, 0.25) is 0 Å². The van der Waals surface area contributed by atoms with Crippen LogP contribution < -0.4 is 0 Å². The minimum Gasteiger partial charge on any atom is -0.452 e. The molecular weight excluding hydrogens is 378 g/mol. The molecule has 1 aliphatic rings. The molecule has 1 aromatic carbocycles. The van der Waals surface area contributed by atoms with Crippen LogP contribution in [0.4, 0.5) is 0 Å². The first-order valence-electron chi connectivity index (χ1n) is 8.43. The molecule has 0 aliphatic carbocycles. The molecule has 0 bridgehead atoms. The van der Waals surface area contributed by atoms with Crippen molar-refractivity contribution in [1.29, 1.82) is 0 Å². The highest BCUT2D eigenvalue weighted by Gasteiger charge is 2.34. The molecule has 0 radical (unpaired) electrons. The van der Waals surface area contributed by atoms with Gasteiger partial charge in [0.1, 0.15) is 0 Å². The molecule has 2 atom stereocenters. The third kappa shape index (κ3) is 4.91. The quantitative estimate of drug-likeness (QED) is 0.633. The maximum absolute atomic E-state index is 12.4. The Bertz CT molecular complexity index is 805. The average molecular weight is 402 g/mol. The van der Waals surface area contributed by atoms with E-state index in [1.54, 1.807) is 32.0 Å². The van der Waals surface area contributed by atoms with Crippen LogP contribution in [0.5, 0.6) is 0 Å². The number of hydrogen-bond donors (Lipinski definition) is 0. The highest BCUT2D eigenvalue weighted by molar-refractivity contribution is 7.91. The predicted octanol–water partition coefficient (Wildman–Crippen LogP) is 1.01. The first-order chi connectivity index (χ1) is 12.3. The average Bonchev–Trinajstić information content (AvgIpc) is 2.99. The van der Waals surface area contributed by atoms with E-state index in [0.29, 0.717) is 23.6 Å². The fraction of sp³-hybridized carbons (Fsp3) is 0.529. The van der Waals surface area contributed by atoms with Gasteiger partial charge in [-0.25, -0.2) is 13.2 Å². The lowest BCUT2D eigenvalue weighted by Crippen LogP contribution is -2.43. The maximum atomic E-state index is 12.4. The fourth-order valence-corrected chi connectivity index (χ4v) is 5.61. The number of benzene rings is 1. The Labute approximate surface area is 156 Å².